The van der Waals surface area contributed by atoms with E-state index in [9.17, 15) is 21.6 Å². The molecule has 1 aliphatic heterocycles. The quantitative estimate of drug-likeness (QED) is 0.590. The first-order valence-corrected chi connectivity index (χ1v) is 13.6. The Morgan fingerprint density at radius 1 is 1.09 bits per heavy atom. The fourth-order valence-electron chi connectivity index (χ4n) is 6.63. The third kappa shape index (κ3) is 3.52. The molecule has 1 N–H and O–H groups in total. The number of fused-ring (bicyclic) bond motifs is 4. The van der Waals surface area contributed by atoms with Crippen LogP contribution in [0.2, 0.25) is 0 Å². The average molecular weight is 491 g/mol. The fraction of sp³-hybridized carbons (Fsp3) is 0.538. The molecule has 3 unspecified atom stereocenters. The summed E-state index contributed by atoms with van der Waals surface area (Å²) in [5, 5.41) is -0.247. The molecule has 3 atom stereocenters. The van der Waals surface area contributed by atoms with E-state index >= 15 is 0 Å². The SMILES string of the molecule is CN1C2C1C21Cc2ccc(CCNS(=O)(=O)C3CCC3)cc2C1Cc1cccc(C(F)(F)F)c1. The van der Waals surface area contributed by atoms with E-state index in [2.05, 4.69) is 34.9 Å². The number of nitrogens with zero attached hydrogens (tertiary/aromatic N) is 1. The Balaban J connectivity index is 1.22. The summed E-state index contributed by atoms with van der Waals surface area (Å²) >= 11 is 0. The van der Waals surface area contributed by atoms with Gasteiger partial charge in [-0.15, -0.1) is 0 Å². The van der Waals surface area contributed by atoms with Gasteiger partial charge in [-0.05, 0) is 73.4 Å². The predicted molar refractivity (Wildman–Crippen MR) is 124 cm³/mol. The molecule has 4 aliphatic rings. The van der Waals surface area contributed by atoms with Gasteiger partial charge in [0.25, 0.3) is 0 Å². The van der Waals surface area contributed by atoms with Crippen LogP contribution in [0.15, 0.2) is 42.5 Å². The zero-order chi connectivity index (χ0) is 23.9. The minimum Gasteiger partial charge on any atom is -0.296 e. The molecule has 1 saturated heterocycles. The normalized spacial score (nSPS) is 31.8. The second-order valence-electron chi connectivity index (χ2n) is 10.6. The number of nitrogens with one attached hydrogen (secondary N) is 1. The Morgan fingerprint density at radius 3 is 2.50 bits per heavy atom. The predicted octanol–water partition coefficient (Wildman–Crippen LogP) is 4.28. The lowest BCUT2D eigenvalue weighted by Gasteiger charge is -2.29. The third-order valence-electron chi connectivity index (χ3n) is 8.71. The summed E-state index contributed by atoms with van der Waals surface area (Å²) in [5.41, 5.74) is 3.86. The maximum atomic E-state index is 13.3. The Bertz CT molecular complexity index is 1230. The number of likely N-dealkylation sites (tertiary alicyclic amines) is 1. The van der Waals surface area contributed by atoms with Crippen LogP contribution in [0, 0.1) is 5.41 Å². The standard InChI is InChI=1S/C26H29F3N2O2S/c1-31-23-24(31)25(23)15-18-9-8-16(10-11-30-34(32,33)20-6-3-7-20)13-21(18)22(25)14-17-4-2-5-19(12-17)26(27,28)29/h2,4-5,8-9,12-13,20,22-24,30H,3,6-7,10-11,14-15H2,1H3. The van der Waals surface area contributed by atoms with Crippen LogP contribution in [0.4, 0.5) is 13.2 Å². The van der Waals surface area contributed by atoms with Gasteiger partial charge in [-0.3, -0.25) is 4.90 Å². The summed E-state index contributed by atoms with van der Waals surface area (Å²) in [4.78, 5) is 2.35. The third-order valence-corrected chi connectivity index (χ3v) is 10.7. The minimum absolute atomic E-state index is 0.135. The molecule has 6 rings (SSSR count). The van der Waals surface area contributed by atoms with Gasteiger partial charge in [0.05, 0.1) is 10.8 Å². The highest BCUT2D eigenvalue weighted by molar-refractivity contribution is 7.90. The lowest BCUT2D eigenvalue weighted by molar-refractivity contribution is -0.137. The van der Waals surface area contributed by atoms with Gasteiger partial charge in [0.2, 0.25) is 10.0 Å². The van der Waals surface area contributed by atoms with E-state index in [4.69, 9.17) is 0 Å². The molecular weight excluding hydrogens is 461 g/mol. The van der Waals surface area contributed by atoms with Gasteiger partial charge in [0.15, 0.2) is 0 Å². The van der Waals surface area contributed by atoms with Gasteiger partial charge in [-0.25, -0.2) is 13.1 Å². The van der Waals surface area contributed by atoms with Crippen molar-refractivity contribution < 1.29 is 21.6 Å². The Labute approximate surface area is 198 Å². The van der Waals surface area contributed by atoms with E-state index in [-0.39, 0.29) is 16.6 Å². The van der Waals surface area contributed by atoms with Crippen molar-refractivity contribution in [2.45, 2.75) is 68.0 Å². The van der Waals surface area contributed by atoms with Gasteiger partial charge >= 0.3 is 6.18 Å². The van der Waals surface area contributed by atoms with Gasteiger partial charge < -0.3 is 0 Å². The topological polar surface area (TPSA) is 49.2 Å². The molecule has 2 aromatic carbocycles. The summed E-state index contributed by atoms with van der Waals surface area (Å²) in [6, 6.07) is 13.2. The summed E-state index contributed by atoms with van der Waals surface area (Å²) in [6.45, 7) is 0.370. The van der Waals surface area contributed by atoms with E-state index < -0.39 is 21.8 Å². The molecule has 0 bridgehead atoms. The van der Waals surface area contributed by atoms with Gasteiger partial charge in [-0.2, -0.15) is 13.2 Å². The monoisotopic (exact) mass is 490 g/mol. The molecule has 2 saturated carbocycles. The van der Waals surface area contributed by atoms with Crippen molar-refractivity contribution in [2.24, 2.45) is 5.41 Å². The fourth-order valence-corrected chi connectivity index (χ4v) is 8.21. The molecule has 0 radical (unpaired) electrons. The van der Waals surface area contributed by atoms with Crippen LogP contribution in [-0.2, 0) is 35.5 Å². The molecule has 3 fully saturated rings. The average Bonchev–Trinajstić information content (AvgIpc) is 3.57. The highest BCUT2D eigenvalue weighted by Gasteiger charge is 2.84. The second-order valence-corrected chi connectivity index (χ2v) is 12.6. The highest BCUT2D eigenvalue weighted by atomic mass is 32.2. The van der Waals surface area contributed by atoms with E-state index in [1.54, 1.807) is 6.07 Å². The van der Waals surface area contributed by atoms with Crippen LogP contribution in [-0.4, -0.2) is 44.2 Å². The first kappa shape index (κ1) is 22.6. The van der Waals surface area contributed by atoms with E-state index in [1.165, 1.54) is 23.3 Å². The Hall–Kier alpha value is -1.90. The van der Waals surface area contributed by atoms with Gasteiger partial charge in [0.1, 0.15) is 0 Å². The highest BCUT2D eigenvalue weighted by Crippen LogP contribution is 2.76. The molecule has 1 spiro atoms. The number of rotatable bonds is 7. The first-order valence-electron chi connectivity index (χ1n) is 12.1. The lowest BCUT2D eigenvalue weighted by Crippen LogP contribution is -2.39. The molecule has 3 aliphatic carbocycles. The van der Waals surface area contributed by atoms with E-state index in [0.717, 1.165) is 42.9 Å². The molecular formula is C26H29F3N2O2S. The Kier molecular flexibility index (Phi) is 5.01. The lowest BCUT2D eigenvalue weighted by atomic mass is 9.80. The minimum atomic E-state index is -4.34. The summed E-state index contributed by atoms with van der Waals surface area (Å²) in [7, 11) is -1.12. The van der Waals surface area contributed by atoms with Crippen LogP contribution in [0.25, 0.3) is 0 Å². The van der Waals surface area contributed by atoms with Crippen LogP contribution in [0.3, 0.4) is 0 Å². The van der Waals surface area contributed by atoms with Crippen molar-refractivity contribution in [3.05, 3.63) is 70.3 Å². The summed E-state index contributed by atoms with van der Waals surface area (Å²) in [5.74, 6) is 0.184. The van der Waals surface area contributed by atoms with Crippen LogP contribution >= 0.6 is 0 Å². The zero-order valence-electron chi connectivity index (χ0n) is 19.1. The Morgan fingerprint density at radius 2 is 1.85 bits per heavy atom. The number of sulfonamides is 1. The molecule has 2 aromatic rings. The largest absolute Gasteiger partial charge is 0.416 e. The van der Waals surface area contributed by atoms with Crippen molar-refractivity contribution >= 4 is 10.0 Å². The van der Waals surface area contributed by atoms with Crippen molar-refractivity contribution in [3.63, 3.8) is 0 Å². The molecule has 4 nitrogen and oxygen atoms in total. The maximum absolute atomic E-state index is 13.3. The van der Waals surface area contributed by atoms with E-state index in [0.29, 0.717) is 31.5 Å². The number of hydrogen-bond donors (Lipinski definition) is 1. The van der Waals surface area contributed by atoms with Crippen molar-refractivity contribution in [1.29, 1.82) is 0 Å². The number of benzene rings is 2. The van der Waals surface area contributed by atoms with E-state index in [1.807, 2.05) is 0 Å². The molecule has 0 amide bonds. The molecule has 1 heterocycles. The van der Waals surface area contributed by atoms with Crippen LogP contribution < -0.4 is 4.72 Å². The zero-order valence-corrected chi connectivity index (χ0v) is 19.9. The molecule has 0 aromatic heterocycles. The second kappa shape index (κ2) is 7.55. The van der Waals surface area contributed by atoms with Gasteiger partial charge in [-0.1, -0.05) is 42.8 Å². The van der Waals surface area contributed by atoms with Gasteiger partial charge in [0, 0.05) is 24.0 Å². The van der Waals surface area contributed by atoms with Crippen molar-refractivity contribution in [1.82, 2.24) is 9.62 Å². The molecule has 182 valence electrons. The summed E-state index contributed by atoms with van der Waals surface area (Å²) in [6.07, 6.45) is 0.283. The summed E-state index contributed by atoms with van der Waals surface area (Å²) < 4.78 is 67.2. The van der Waals surface area contributed by atoms with Crippen LogP contribution in [0.1, 0.15) is 53.0 Å². The van der Waals surface area contributed by atoms with Crippen molar-refractivity contribution in [3.8, 4) is 0 Å². The molecule has 8 heteroatoms. The number of halogens is 3. The number of likely N-dealkylation sites (N-methyl/N-ethyl adjacent to an activating group) is 1. The smallest absolute Gasteiger partial charge is 0.296 e. The number of hydrogen-bond acceptors (Lipinski definition) is 3. The van der Waals surface area contributed by atoms with Crippen molar-refractivity contribution in [2.75, 3.05) is 13.6 Å². The van der Waals surface area contributed by atoms with Crippen LogP contribution in [0.5, 0.6) is 0 Å². The number of alkyl halides is 3. The molecule has 34 heavy (non-hydrogen) atoms. The first-order chi connectivity index (χ1) is 16.1. The maximum Gasteiger partial charge on any atom is 0.416 e.